The summed E-state index contributed by atoms with van der Waals surface area (Å²) in [5.74, 6) is 0.198. The Morgan fingerprint density at radius 3 is 2.76 bits per heavy atom. The van der Waals surface area contributed by atoms with E-state index in [0.29, 0.717) is 16.3 Å². The minimum Gasteiger partial charge on any atom is -0.484 e. The molecule has 0 aliphatic carbocycles. The van der Waals surface area contributed by atoms with Crippen LogP contribution in [0.25, 0.3) is 0 Å². The van der Waals surface area contributed by atoms with Gasteiger partial charge in [-0.15, -0.1) is 0 Å². The van der Waals surface area contributed by atoms with Crippen LogP contribution in [0.3, 0.4) is 0 Å². The number of nitrogens with zero attached hydrogens (tertiary/aromatic N) is 1. The molecule has 0 unspecified atom stereocenters. The molecule has 3 nitrogen and oxygen atoms in total. The number of nitriles is 1. The summed E-state index contributed by atoms with van der Waals surface area (Å²) in [4.78, 5) is 12.2. The van der Waals surface area contributed by atoms with E-state index in [-0.39, 0.29) is 18.0 Å². The van der Waals surface area contributed by atoms with Gasteiger partial charge in [0.15, 0.2) is 12.4 Å². The summed E-state index contributed by atoms with van der Waals surface area (Å²) in [6, 6.07) is 12.6. The van der Waals surface area contributed by atoms with Gasteiger partial charge in [-0.2, -0.15) is 5.26 Å². The van der Waals surface area contributed by atoms with Crippen LogP contribution in [0.2, 0.25) is 5.02 Å². The Morgan fingerprint density at radius 1 is 1.29 bits per heavy atom. The normalized spacial score (nSPS) is 10.0. The number of hydrogen-bond acceptors (Lipinski definition) is 3. The second-order valence-corrected chi connectivity index (χ2v) is 5.16. The highest BCUT2D eigenvalue weighted by Crippen LogP contribution is 2.25. The predicted octanol–water partition coefficient (Wildman–Crippen LogP) is 4.09. The first-order chi connectivity index (χ1) is 10.0. The number of rotatable bonds is 4. The monoisotopic (exact) mass is 299 g/mol. The summed E-state index contributed by atoms with van der Waals surface area (Å²) in [5, 5.41) is 9.38. The number of carbonyl (C=O) groups excluding carboxylic acids is 1. The molecule has 106 valence electrons. The molecule has 2 aromatic rings. The molecule has 0 aliphatic rings. The van der Waals surface area contributed by atoms with Crippen molar-refractivity contribution < 1.29 is 9.53 Å². The van der Waals surface area contributed by atoms with Crippen LogP contribution in [0.4, 0.5) is 0 Å². The van der Waals surface area contributed by atoms with E-state index in [4.69, 9.17) is 21.6 Å². The van der Waals surface area contributed by atoms with Gasteiger partial charge in [-0.25, -0.2) is 0 Å². The van der Waals surface area contributed by atoms with Crippen LogP contribution in [-0.2, 0) is 0 Å². The van der Waals surface area contributed by atoms with Gasteiger partial charge >= 0.3 is 0 Å². The maximum Gasteiger partial charge on any atom is 0.200 e. The van der Waals surface area contributed by atoms with E-state index >= 15 is 0 Å². The van der Waals surface area contributed by atoms with Crippen molar-refractivity contribution in [3.05, 3.63) is 63.7 Å². The fourth-order valence-electron chi connectivity index (χ4n) is 1.99. The van der Waals surface area contributed by atoms with Gasteiger partial charge < -0.3 is 4.74 Å². The number of carbonyl (C=O) groups is 1. The molecule has 0 fully saturated rings. The van der Waals surface area contributed by atoms with Crippen LogP contribution in [0.5, 0.6) is 5.75 Å². The Kier molecular flexibility index (Phi) is 4.62. The van der Waals surface area contributed by atoms with Crippen LogP contribution in [0, 0.1) is 25.2 Å². The van der Waals surface area contributed by atoms with Crippen LogP contribution in [0.15, 0.2) is 36.4 Å². The van der Waals surface area contributed by atoms with E-state index in [1.54, 1.807) is 18.2 Å². The topological polar surface area (TPSA) is 50.1 Å². The Labute approximate surface area is 128 Å². The van der Waals surface area contributed by atoms with Crippen molar-refractivity contribution in [3.8, 4) is 11.8 Å². The third-order valence-electron chi connectivity index (χ3n) is 3.14. The number of hydrogen-bond donors (Lipinski definition) is 0. The minimum absolute atomic E-state index is 0.125. The lowest BCUT2D eigenvalue weighted by Gasteiger charge is -2.10. The summed E-state index contributed by atoms with van der Waals surface area (Å²) >= 11 is 5.92. The van der Waals surface area contributed by atoms with Crippen molar-refractivity contribution >= 4 is 17.4 Å². The average Bonchev–Trinajstić information content (AvgIpc) is 2.47. The van der Waals surface area contributed by atoms with Gasteiger partial charge in [-0.1, -0.05) is 35.4 Å². The van der Waals surface area contributed by atoms with E-state index in [2.05, 4.69) is 0 Å². The quantitative estimate of drug-likeness (QED) is 0.799. The SMILES string of the molecule is Cc1ccc(C)c(C(=O)COc2cccc(Cl)c2C#N)c1. The highest BCUT2D eigenvalue weighted by atomic mass is 35.5. The maximum atomic E-state index is 12.2. The molecule has 0 saturated heterocycles. The van der Waals surface area contributed by atoms with Crippen LogP contribution < -0.4 is 4.74 Å². The van der Waals surface area contributed by atoms with Crippen LogP contribution in [-0.4, -0.2) is 12.4 Å². The first-order valence-corrected chi connectivity index (χ1v) is 6.82. The molecule has 0 spiro atoms. The van der Waals surface area contributed by atoms with Gasteiger partial charge in [0, 0.05) is 5.56 Å². The Morgan fingerprint density at radius 2 is 2.05 bits per heavy atom. The molecule has 4 heteroatoms. The fraction of sp³-hybridized carbons (Fsp3) is 0.176. The molecule has 0 atom stereocenters. The number of Topliss-reactive ketones (excluding diaryl/α,β-unsaturated/α-hetero) is 1. The molecular formula is C17H14ClNO2. The van der Waals surface area contributed by atoms with Gasteiger partial charge in [0.2, 0.25) is 0 Å². The van der Waals surface area contributed by atoms with Crippen molar-refractivity contribution in [1.82, 2.24) is 0 Å². The average molecular weight is 300 g/mol. The number of aryl methyl sites for hydroxylation is 2. The number of benzene rings is 2. The third-order valence-corrected chi connectivity index (χ3v) is 3.45. The lowest BCUT2D eigenvalue weighted by molar-refractivity contribution is 0.0920. The van der Waals surface area contributed by atoms with Gasteiger partial charge in [-0.05, 0) is 37.6 Å². The number of ether oxygens (including phenoxy) is 1. The van der Waals surface area contributed by atoms with E-state index in [1.165, 1.54) is 0 Å². The zero-order chi connectivity index (χ0) is 15.4. The van der Waals surface area contributed by atoms with Gasteiger partial charge in [0.05, 0.1) is 5.02 Å². The largest absolute Gasteiger partial charge is 0.484 e. The third kappa shape index (κ3) is 3.42. The minimum atomic E-state index is -0.126. The van der Waals surface area contributed by atoms with Crippen LogP contribution in [0.1, 0.15) is 27.0 Å². The predicted molar refractivity (Wildman–Crippen MR) is 81.9 cm³/mol. The Balaban J connectivity index is 2.17. The van der Waals surface area contributed by atoms with Crippen molar-refractivity contribution in [3.63, 3.8) is 0 Å². The zero-order valence-electron chi connectivity index (χ0n) is 11.8. The lowest BCUT2D eigenvalue weighted by atomic mass is 10.0. The summed E-state index contributed by atoms with van der Waals surface area (Å²) in [5.41, 5.74) is 2.80. The Bertz CT molecular complexity index is 732. The molecule has 0 saturated carbocycles. The van der Waals surface area contributed by atoms with E-state index in [0.717, 1.165) is 11.1 Å². The summed E-state index contributed by atoms with van der Waals surface area (Å²) < 4.78 is 5.46. The van der Waals surface area contributed by atoms with Crippen molar-refractivity contribution in [1.29, 1.82) is 5.26 Å². The summed E-state index contributed by atoms with van der Waals surface area (Å²) in [6.07, 6.45) is 0. The molecular weight excluding hydrogens is 286 g/mol. The molecule has 0 N–H and O–H groups in total. The van der Waals surface area contributed by atoms with Crippen molar-refractivity contribution in [2.45, 2.75) is 13.8 Å². The van der Waals surface area contributed by atoms with Crippen molar-refractivity contribution in [2.75, 3.05) is 6.61 Å². The molecule has 0 radical (unpaired) electrons. The zero-order valence-corrected chi connectivity index (χ0v) is 12.6. The molecule has 0 aliphatic heterocycles. The molecule has 21 heavy (non-hydrogen) atoms. The first-order valence-electron chi connectivity index (χ1n) is 6.45. The smallest absolute Gasteiger partial charge is 0.200 e. The van der Waals surface area contributed by atoms with Crippen LogP contribution >= 0.6 is 11.6 Å². The van der Waals surface area contributed by atoms with Crippen molar-refractivity contribution in [2.24, 2.45) is 0 Å². The Hall–Kier alpha value is -2.31. The first kappa shape index (κ1) is 15.1. The molecule has 0 heterocycles. The van der Waals surface area contributed by atoms with Gasteiger partial charge in [0.1, 0.15) is 17.4 Å². The highest BCUT2D eigenvalue weighted by molar-refractivity contribution is 6.31. The summed E-state index contributed by atoms with van der Waals surface area (Å²) in [7, 11) is 0. The van der Waals surface area contributed by atoms with E-state index in [1.807, 2.05) is 38.1 Å². The lowest BCUT2D eigenvalue weighted by Crippen LogP contribution is -2.13. The highest BCUT2D eigenvalue weighted by Gasteiger charge is 2.13. The second-order valence-electron chi connectivity index (χ2n) is 4.76. The van der Waals surface area contributed by atoms with E-state index in [9.17, 15) is 4.79 Å². The number of ketones is 1. The van der Waals surface area contributed by atoms with E-state index < -0.39 is 0 Å². The fourth-order valence-corrected chi connectivity index (χ4v) is 2.20. The van der Waals surface area contributed by atoms with Gasteiger partial charge in [0.25, 0.3) is 0 Å². The molecule has 2 aromatic carbocycles. The standard InChI is InChI=1S/C17H14ClNO2/c1-11-6-7-12(2)13(8-11)16(20)10-21-17-5-3-4-15(18)14(17)9-19/h3-8H,10H2,1-2H3. The number of halogens is 1. The molecule has 0 aromatic heterocycles. The second kappa shape index (κ2) is 6.43. The molecule has 2 rings (SSSR count). The molecule has 0 bridgehead atoms. The molecule has 0 amide bonds. The summed E-state index contributed by atoms with van der Waals surface area (Å²) in [6.45, 7) is 3.69. The van der Waals surface area contributed by atoms with Gasteiger partial charge in [-0.3, -0.25) is 4.79 Å². The maximum absolute atomic E-state index is 12.2.